The van der Waals surface area contributed by atoms with Crippen molar-refractivity contribution >= 4 is 17.2 Å². The van der Waals surface area contributed by atoms with Crippen LogP contribution in [-0.2, 0) is 6.54 Å². The van der Waals surface area contributed by atoms with Gasteiger partial charge in [-0.25, -0.2) is 9.97 Å². The van der Waals surface area contributed by atoms with E-state index in [0.717, 1.165) is 24.7 Å². The maximum Gasteiger partial charge on any atom is 0.133 e. The second kappa shape index (κ2) is 6.57. The molecule has 1 aliphatic carbocycles. The van der Waals surface area contributed by atoms with Gasteiger partial charge in [0.25, 0.3) is 0 Å². The lowest BCUT2D eigenvalue weighted by molar-refractivity contribution is 0.210. The minimum atomic E-state index is 0.492. The van der Waals surface area contributed by atoms with Crippen LogP contribution in [0.3, 0.4) is 0 Å². The molecule has 1 N–H and O–H groups in total. The van der Waals surface area contributed by atoms with Crippen molar-refractivity contribution in [1.82, 2.24) is 14.9 Å². The highest BCUT2D eigenvalue weighted by Crippen LogP contribution is 2.38. The zero-order chi connectivity index (χ0) is 15.6. The quantitative estimate of drug-likeness (QED) is 0.906. The van der Waals surface area contributed by atoms with E-state index in [0.29, 0.717) is 12.0 Å². The Morgan fingerprint density at radius 1 is 1.26 bits per heavy atom. The third kappa shape index (κ3) is 3.90. The van der Waals surface area contributed by atoms with Gasteiger partial charge in [-0.05, 0) is 57.4 Å². The second-order valence-corrected chi connectivity index (χ2v) is 8.18. The molecule has 2 aromatic rings. The van der Waals surface area contributed by atoms with Gasteiger partial charge >= 0.3 is 0 Å². The summed E-state index contributed by atoms with van der Waals surface area (Å²) in [4.78, 5) is 14.6. The summed E-state index contributed by atoms with van der Waals surface area (Å²) < 4.78 is 0. The van der Waals surface area contributed by atoms with Gasteiger partial charge in [0.15, 0.2) is 0 Å². The first-order valence-electron chi connectivity index (χ1n) is 8.63. The number of likely N-dealkylation sites (tertiary alicyclic amines) is 1. The molecule has 122 valence electrons. The predicted molar refractivity (Wildman–Crippen MR) is 95.0 cm³/mol. The number of aromatic nitrogens is 2. The molecule has 1 saturated heterocycles. The van der Waals surface area contributed by atoms with E-state index in [-0.39, 0.29) is 0 Å². The molecule has 3 heterocycles. The molecular formula is C18H24N4S. The first-order valence-corrected chi connectivity index (χ1v) is 9.45. The minimum absolute atomic E-state index is 0.492. The largest absolute Gasteiger partial charge is 0.366 e. The van der Waals surface area contributed by atoms with Gasteiger partial charge in [0.05, 0.1) is 0 Å². The fourth-order valence-electron chi connectivity index (χ4n) is 3.31. The Morgan fingerprint density at radius 2 is 2.17 bits per heavy atom. The monoisotopic (exact) mass is 328 g/mol. The van der Waals surface area contributed by atoms with Crippen LogP contribution in [0.4, 0.5) is 5.82 Å². The molecule has 2 fully saturated rings. The number of hydrogen-bond acceptors (Lipinski definition) is 5. The molecule has 4 rings (SSSR count). The lowest BCUT2D eigenvalue weighted by atomic mass is 10.1. The summed E-state index contributed by atoms with van der Waals surface area (Å²) in [5, 5.41) is 3.64. The van der Waals surface area contributed by atoms with Crippen molar-refractivity contribution in [3.8, 4) is 0 Å². The molecule has 4 nitrogen and oxygen atoms in total. The topological polar surface area (TPSA) is 41.0 Å². The smallest absolute Gasteiger partial charge is 0.133 e. The van der Waals surface area contributed by atoms with Crippen LogP contribution < -0.4 is 5.32 Å². The summed E-state index contributed by atoms with van der Waals surface area (Å²) in [5.74, 6) is 2.64. The van der Waals surface area contributed by atoms with Crippen molar-refractivity contribution in [2.45, 2.75) is 51.1 Å². The number of nitrogens with zero attached hydrogens (tertiary/aromatic N) is 3. The van der Waals surface area contributed by atoms with E-state index in [1.807, 2.05) is 23.6 Å². The van der Waals surface area contributed by atoms with Gasteiger partial charge in [-0.2, -0.15) is 0 Å². The highest BCUT2D eigenvalue weighted by atomic mass is 32.1. The van der Waals surface area contributed by atoms with Gasteiger partial charge in [-0.15, -0.1) is 11.3 Å². The molecule has 1 atom stereocenters. The Labute approximate surface area is 142 Å². The summed E-state index contributed by atoms with van der Waals surface area (Å²) in [6, 6.07) is 6.99. The van der Waals surface area contributed by atoms with Crippen molar-refractivity contribution in [3.05, 3.63) is 40.0 Å². The van der Waals surface area contributed by atoms with Crippen LogP contribution in [0.1, 0.15) is 47.2 Å². The number of aryl methyl sites for hydroxylation is 1. The SMILES string of the molecule is Cc1ccc(CN2CCCC(Nc3ccnc(C4CC4)n3)C2)s1. The molecule has 5 heteroatoms. The fraction of sp³-hybridized carbons (Fsp3) is 0.556. The van der Waals surface area contributed by atoms with Gasteiger partial charge < -0.3 is 5.32 Å². The molecule has 1 aliphatic heterocycles. The van der Waals surface area contributed by atoms with Crippen molar-refractivity contribution in [2.24, 2.45) is 0 Å². The Bertz CT molecular complexity index is 665. The number of rotatable bonds is 5. The van der Waals surface area contributed by atoms with Gasteiger partial charge in [0, 0.05) is 41.0 Å². The number of anilines is 1. The van der Waals surface area contributed by atoms with Gasteiger partial charge in [-0.1, -0.05) is 0 Å². The highest BCUT2D eigenvalue weighted by Gasteiger charge is 2.27. The van der Waals surface area contributed by atoms with Crippen LogP contribution in [0.5, 0.6) is 0 Å². The molecule has 0 aromatic carbocycles. The summed E-state index contributed by atoms with van der Waals surface area (Å²) >= 11 is 1.92. The first-order chi connectivity index (χ1) is 11.3. The number of hydrogen-bond donors (Lipinski definition) is 1. The van der Waals surface area contributed by atoms with E-state index in [2.05, 4.69) is 34.3 Å². The zero-order valence-corrected chi connectivity index (χ0v) is 14.5. The van der Waals surface area contributed by atoms with E-state index in [4.69, 9.17) is 4.98 Å². The van der Waals surface area contributed by atoms with Crippen LogP contribution in [0.25, 0.3) is 0 Å². The molecule has 0 radical (unpaired) electrons. The summed E-state index contributed by atoms with van der Waals surface area (Å²) in [5.41, 5.74) is 0. The molecule has 2 aliphatic rings. The molecule has 2 aromatic heterocycles. The van der Waals surface area contributed by atoms with Crippen LogP contribution in [0.15, 0.2) is 24.4 Å². The van der Waals surface area contributed by atoms with Crippen molar-refractivity contribution < 1.29 is 0 Å². The van der Waals surface area contributed by atoms with Crippen LogP contribution in [-0.4, -0.2) is 34.0 Å². The molecule has 1 unspecified atom stereocenters. The standard InChI is InChI=1S/C18H24N4S/c1-13-4-7-16(23-13)12-22-10-2-3-15(11-22)20-17-8-9-19-18(21-17)14-5-6-14/h4,7-9,14-15H,2-3,5-6,10-12H2,1H3,(H,19,20,21). The molecule has 0 bridgehead atoms. The molecular weight excluding hydrogens is 304 g/mol. The molecule has 0 amide bonds. The summed E-state index contributed by atoms with van der Waals surface area (Å²) in [6.07, 6.45) is 6.88. The fourth-order valence-corrected chi connectivity index (χ4v) is 4.24. The van der Waals surface area contributed by atoms with Gasteiger partial charge in [-0.3, -0.25) is 4.90 Å². The molecule has 0 spiro atoms. The number of thiophene rings is 1. The van der Waals surface area contributed by atoms with Crippen molar-refractivity contribution in [2.75, 3.05) is 18.4 Å². The van der Waals surface area contributed by atoms with Gasteiger partial charge in [0.1, 0.15) is 11.6 Å². The van der Waals surface area contributed by atoms with Crippen LogP contribution in [0, 0.1) is 6.92 Å². The average Bonchev–Trinajstić information content (AvgIpc) is 3.32. The lowest BCUT2D eigenvalue weighted by Crippen LogP contribution is -2.41. The number of piperidine rings is 1. The molecule has 23 heavy (non-hydrogen) atoms. The predicted octanol–water partition coefficient (Wildman–Crippen LogP) is 3.80. The zero-order valence-electron chi connectivity index (χ0n) is 13.7. The van der Waals surface area contributed by atoms with E-state index in [1.54, 1.807) is 0 Å². The van der Waals surface area contributed by atoms with E-state index >= 15 is 0 Å². The van der Waals surface area contributed by atoms with Crippen molar-refractivity contribution in [1.29, 1.82) is 0 Å². The Kier molecular flexibility index (Phi) is 4.31. The lowest BCUT2D eigenvalue weighted by Gasteiger charge is -2.33. The van der Waals surface area contributed by atoms with Crippen LogP contribution in [0.2, 0.25) is 0 Å². The Morgan fingerprint density at radius 3 is 2.96 bits per heavy atom. The van der Waals surface area contributed by atoms with Crippen molar-refractivity contribution in [3.63, 3.8) is 0 Å². The maximum absolute atomic E-state index is 4.70. The van der Waals surface area contributed by atoms with Gasteiger partial charge in [0.2, 0.25) is 0 Å². The summed E-state index contributed by atoms with van der Waals surface area (Å²) in [6.45, 7) is 5.56. The minimum Gasteiger partial charge on any atom is -0.366 e. The third-order valence-electron chi connectivity index (χ3n) is 4.65. The third-order valence-corrected chi connectivity index (χ3v) is 5.64. The normalized spacial score (nSPS) is 22.2. The average molecular weight is 328 g/mol. The first kappa shape index (κ1) is 15.1. The highest BCUT2D eigenvalue weighted by molar-refractivity contribution is 7.11. The Balaban J connectivity index is 1.36. The van der Waals surface area contributed by atoms with Crippen LogP contribution >= 0.6 is 11.3 Å². The summed E-state index contributed by atoms with van der Waals surface area (Å²) in [7, 11) is 0. The van der Waals surface area contributed by atoms with E-state index < -0.39 is 0 Å². The molecule has 1 saturated carbocycles. The second-order valence-electron chi connectivity index (χ2n) is 6.81. The Hall–Kier alpha value is -1.46. The van der Waals surface area contributed by atoms with E-state index in [1.165, 1.54) is 42.0 Å². The maximum atomic E-state index is 4.70. The van der Waals surface area contributed by atoms with E-state index in [9.17, 15) is 0 Å². The number of nitrogens with one attached hydrogen (secondary N) is 1.